The van der Waals surface area contributed by atoms with Crippen molar-refractivity contribution in [1.29, 1.82) is 0 Å². The topological polar surface area (TPSA) is 64.8 Å². The molecule has 3 aliphatic carbocycles. The average Bonchev–Trinajstić information content (AvgIpc) is 3.08. The second kappa shape index (κ2) is 4.71. The first kappa shape index (κ1) is 15.0. The van der Waals surface area contributed by atoms with E-state index in [9.17, 15) is 4.79 Å². The van der Waals surface area contributed by atoms with E-state index in [1.54, 1.807) is 0 Å². The number of carbonyl (C=O) groups is 1. The van der Waals surface area contributed by atoms with E-state index >= 15 is 0 Å². The van der Waals surface area contributed by atoms with E-state index in [2.05, 4.69) is 20.8 Å². The fourth-order valence-electron chi connectivity index (χ4n) is 5.57. The number of amides is 1. The van der Waals surface area contributed by atoms with E-state index < -0.39 is 0 Å². The first-order valence-electron chi connectivity index (χ1n) is 8.70. The predicted octanol–water partition coefficient (Wildman–Crippen LogP) is 1.20. The zero-order chi connectivity index (χ0) is 15.7. The molecule has 122 valence electrons. The summed E-state index contributed by atoms with van der Waals surface area (Å²) in [5.74, 6) is 1.37. The van der Waals surface area contributed by atoms with Crippen LogP contribution in [0.15, 0.2) is 0 Å². The highest BCUT2D eigenvalue weighted by Crippen LogP contribution is 2.65. The van der Waals surface area contributed by atoms with E-state index in [1.165, 1.54) is 6.42 Å². The summed E-state index contributed by atoms with van der Waals surface area (Å²) in [6.45, 7) is 7.81. The minimum Gasteiger partial charge on any atom is -0.404 e. The summed E-state index contributed by atoms with van der Waals surface area (Å²) in [6.07, 6.45) is 4.50. The summed E-state index contributed by atoms with van der Waals surface area (Å²) in [5.41, 5.74) is 5.71. The van der Waals surface area contributed by atoms with Gasteiger partial charge in [0.1, 0.15) is 0 Å². The first-order chi connectivity index (χ1) is 10.4. The third-order valence-corrected chi connectivity index (χ3v) is 7.08. The van der Waals surface area contributed by atoms with Gasteiger partial charge in [-0.15, -0.1) is 0 Å². The van der Waals surface area contributed by atoms with Crippen molar-refractivity contribution in [1.82, 2.24) is 4.90 Å². The van der Waals surface area contributed by atoms with E-state index in [0.29, 0.717) is 11.3 Å². The minimum absolute atomic E-state index is 0.0133. The van der Waals surface area contributed by atoms with Gasteiger partial charge in [0, 0.05) is 6.54 Å². The number of nitrogens with two attached hydrogens (primary N) is 1. The molecule has 2 heterocycles. The molecule has 6 heteroatoms. The van der Waals surface area contributed by atoms with E-state index in [0.717, 1.165) is 31.7 Å². The Morgan fingerprint density at radius 3 is 2.82 bits per heavy atom. The largest absolute Gasteiger partial charge is 0.481 e. The van der Waals surface area contributed by atoms with E-state index in [1.807, 2.05) is 4.90 Å². The van der Waals surface area contributed by atoms with Crippen LogP contribution >= 0.6 is 0 Å². The molecule has 1 amide bonds. The predicted molar refractivity (Wildman–Crippen MR) is 83.9 cm³/mol. The fourth-order valence-corrected chi connectivity index (χ4v) is 5.57. The second-order valence-corrected chi connectivity index (χ2v) is 8.34. The molecule has 2 aliphatic heterocycles. The highest BCUT2D eigenvalue weighted by Gasteiger charge is 2.68. The summed E-state index contributed by atoms with van der Waals surface area (Å²) in [5, 5.41) is 0. The molecule has 5 fully saturated rings. The third kappa shape index (κ3) is 1.80. The molecule has 22 heavy (non-hydrogen) atoms. The average molecular weight is 306 g/mol. The van der Waals surface area contributed by atoms with Gasteiger partial charge in [0.05, 0.1) is 24.2 Å². The van der Waals surface area contributed by atoms with Crippen LogP contribution in [0.4, 0.5) is 0 Å². The summed E-state index contributed by atoms with van der Waals surface area (Å²) < 4.78 is 12.8. The Bertz CT molecular complexity index is 500. The molecule has 5 atom stereocenters. The van der Waals surface area contributed by atoms with Gasteiger partial charge in [-0.1, -0.05) is 13.8 Å². The Morgan fingerprint density at radius 2 is 2.14 bits per heavy atom. The quantitative estimate of drug-likeness (QED) is 0.779. The Morgan fingerprint density at radius 1 is 1.36 bits per heavy atom. The van der Waals surface area contributed by atoms with Crippen molar-refractivity contribution in [3.05, 3.63) is 0 Å². The fraction of sp³-hybridized carbons (Fsp3) is 0.938. The first-order valence-corrected chi connectivity index (χ1v) is 8.70. The monoisotopic (exact) mass is 306 g/mol. The van der Waals surface area contributed by atoms with Crippen LogP contribution < -0.4 is 5.73 Å². The van der Waals surface area contributed by atoms with Crippen molar-refractivity contribution in [2.45, 2.75) is 64.1 Å². The molecule has 5 nitrogen and oxygen atoms in total. The maximum Gasteiger partial charge on any atom is 0.481 e. The lowest BCUT2D eigenvalue weighted by Crippen LogP contribution is -2.65. The lowest BCUT2D eigenvalue weighted by Gasteiger charge is -2.64. The van der Waals surface area contributed by atoms with Gasteiger partial charge in [-0.05, 0) is 49.9 Å². The molecule has 0 aromatic carbocycles. The smallest absolute Gasteiger partial charge is 0.404 e. The van der Waals surface area contributed by atoms with Crippen LogP contribution in [0.25, 0.3) is 0 Å². The van der Waals surface area contributed by atoms with Crippen molar-refractivity contribution in [3.63, 3.8) is 0 Å². The van der Waals surface area contributed by atoms with E-state index in [-0.39, 0.29) is 37.2 Å². The molecule has 0 radical (unpaired) electrons. The zero-order valence-electron chi connectivity index (χ0n) is 13.9. The lowest BCUT2D eigenvalue weighted by atomic mass is 9.43. The van der Waals surface area contributed by atoms with Crippen LogP contribution in [-0.4, -0.2) is 48.7 Å². The summed E-state index contributed by atoms with van der Waals surface area (Å²) >= 11 is 0. The van der Waals surface area contributed by atoms with Gasteiger partial charge >= 0.3 is 7.12 Å². The Labute approximate surface area is 133 Å². The van der Waals surface area contributed by atoms with Crippen LogP contribution in [0, 0.1) is 17.3 Å². The van der Waals surface area contributed by atoms with Crippen molar-refractivity contribution >= 4 is 13.0 Å². The molecule has 4 unspecified atom stereocenters. The minimum atomic E-state index is -0.275. The van der Waals surface area contributed by atoms with Crippen molar-refractivity contribution < 1.29 is 14.1 Å². The molecule has 2 N–H and O–H groups in total. The molecule has 2 bridgehead atoms. The zero-order valence-corrected chi connectivity index (χ0v) is 13.9. The number of carbonyl (C=O) groups excluding carboxylic acids is 1. The molecule has 5 rings (SSSR count). The van der Waals surface area contributed by atoms with Crippen LogP contribution in [0.1, 0.15) is 46.5 Å². The maximum atomic E-state index is 12.0. The summed E-state index contributed by atoms with van der Waals surface area (Å²) in [4.78, 5) is 13.9. The number of rotatable bonds is 2. The number of hydrogen-bond donors (Lipinski definition) is 1. The summed E-state index contributed by atoms with van der Waals surface area (Å²) in [7, 11) is -0.275. The molecule has 3 saturated carbocycles. The van der Waals surface area contributed by atoms with Crippen LogP contribution in [0.5, 0.6) is 0 Å². The molecule has 0 spiro atoms. The molecule has 0 aromatic heterocycles. The van der Waals surface area contributed by atoms with Gasteiger partial charge in [-0.25, -0.2) is 0 Å². The highest BCUT2D eigenvalue weighted by molar-refractivity contribution is 6.48. The van der Waals surface area contributed by atoms with Crippen LogP contribution in [0.2, 0.25) is 0 Å². The van der Waals surface area contributed by atoms with Gasteiger partial charge in [-0.2, -0.15) is 0 Å². The molecule has 2 saturated heterocycles. The molecular formula is C16H27BN2O3. The van der Waals surface area contributed by atoms with Crippen LogP contribution in [0.3, 0.4) is 0 Å². The molecule has 5 aliphatic rings. The Balaban J connectivity index is 1.54. The highest BCUT2D eigenvalue weighted by atomic mass is 16.7. The van der Waals surface area contributed by atoms with Gasteiger partial charge < -0.3 is 19.9 Å². The van der Waals surface area contributed by atoms with Gasteiger partial charge in [0.2, 0.25) is 5.91 Å². The van der Waals surface area contributed by atoms with Crippen molar-refractivity contribution in [3.8, 4) is 0 Å². The van der Waals surface area contributed by atoms with Crippen molar-refractivity contribution in [2.75, 3.05) is 13.1 Å². The SMILES string of the molecule is CC12OB(C3CCCN3C(=O)CN)OC1C[C@@H]1CC2C1(C)C. The number of hydrogen-bond acceptors (Lipinski definition) is 4. The Hall–Kier alpha value is -0.585. The lowest BCUT2D eigenvalue weighted by molar-refractivity contribution is -0.199. The van der Waals surface area contributed by atoms with Gasteiger partial charge in [0.25, 0.3) is 0 Å². The Kier molecular flexibility index (Phi) is 3.21. The van der Waals surface area contributed by atoms with Crippen LogP contribution in [-0.2, 0) is 14.1 Å². The van der Waals surface area contributed by atoms with E-state index in [4.69, 9.17) is 15.0 Å². The van der Waals surface area contributed by atoms with Gasteiger partial charge in [-0.3, -0.25) is 4.79 Å². The third-order valence-electron chi connectivity index (χ3n) is 7.08. The van der Waals surface area contributed by atoms with Crippen molar-refractivity contribution in [2.24, 2.45) is 23.0 Å². The molecular weight excluding hydrogens is 279 g/mol. The normalized spacial score (nSPS) is 45.6. The second-order valence-electron chi connectivity index (χ2n) is 8.34. The maximum absolute atomic E-state index is 12.0. The summed E-state index contributed by atoms with van der Waals surface area (Å²) in [6, 6.07) is 0. The van der Waals surface area contributed by atoms with Gasteiger partial charge in [0.15, 0.2) is 0 Å². The standard InChI is InChI=1S/C16H27BN2O3/c1-15(2)10-7-11(15)16(3)12(8-10)21-17(22-16)13-5-4-6-19(13)14(20)9-18/h10-13H,4-9,18H2,1-3H3/t10-,11?,12?,13?,16?/m0/s1. The molecule has 0 aromatic rings. The number of nitrogens with zero attached hydrogens (tertiary/aromatic N) is 1. The number of likely N-dealkylation sites (tertiary alicyclic amines) is 1.